The summed E-state index contributed by atoms with van der Waals surface area (Å²) in [5.74, 6) is -0.800. The van der Waals surface area contributed by atoms with E-state index < -0.39 is 11.9 Å². The minimum atomic E-state index is -0.613. The molecule has 4 amide bonds. The molecule has 0 saturated carbocycles. The van der Waals surface area contributed by atoms with Crippen molar-refractivity contribution >= 4 is 23.6 Å². The van der Waals surface area contributed by atoms with Crippen LogP contribution in [0.15, 0.2) is 18.2 Å². The van der Waals surface area contributed by atoms with Gasteiger partial charge in [-0.1, -0.05) is 12.1 Å². The molecule has 0 spiro atoms. The molecule has 9 nitrogen and oxygen atoms in total. The monoisotopic (exact) mass is 441 g/mol. The van der Waals surface area contributed by atoms with Crippen molar-refractivity contribution in [2.24, 2.45) is 0 Å². The third-order valence-corrected chi connectivity index (χ3v) is 6.72. The summed E-state index contributed by atoms with van der Waals surface area (Å²) in [6.07, 6.45) is 2.68. The van der Waals surface area contributed by atoms with E-state index in [9.17, 15) is 19.2 Å². The summed E-state index contributed by atoms with van der Waals surface area (Å²) in [4.78, 5) is 52.8. The van der Waals surface area contributed by atoms with Gasteiger partial charge in [0.1, 0.15) is 6.04 Å². The topological polar surface area (TPSA) is 111 Å². The van der Waals surface area contributed by atoms with Crippen molar-refractivity contribution in [2.75, 3.05) is 20.1 Å². The fourth-order valence-electron chi connectivity index (χ4n) is 4.76. The van der Waals surface area contributed by atoms with Gasteiger partial charge in [0.25, 0.3) is 5.91 Å². The molecule has 3 heterocycles. The van der Waals surface area contributed by atoms with Crippen LogP contribution in [0.3, 0.4) is 0 Å². The average Bonchev–Trinajstić information content (AvgIpc) is 3.12. The van der Waals surface area contributed by atoms with Crippen LogP contribution in [0.2, 0.25) is 0 Å². The first-order valence-corrected chi connectivity index (χ1v) is 11.3. The second-order valence-corrected chi connectivity index (χ2v) is 8.91. The summed E-state index contributed by atoms with van der Waals surface area (Å²) < 4.78 is 0. The van der Waals surface area contributed by atoms with Gasteiger partial charge in [0.2, 0.25) is 17.7 Å². The van der Waals surface area contributed by atoms with Gasteiger partial charge < -0.3 is 20.4 Å². The Balaban J connectivity index is 1.36. The number of piperidine rings is 2. The van der Waals surface area contributed by atoms with E-state index in [-0.39, 0.29) is 30.2 Å². The van der Waals surface area contributed by atoms with Crippen LogP contribution in [0.1, 0.15) is 54.1 Å². The molecule has 3 N–H and O–H groups in total. The van der Waals surface area contributed by atoms with E-state index in [4.69, 9.17) is 0 Å². The molecule has 0 bridgehead atoms. The number of carbonyl (C=O) groups is 4. The number of nitrogens with one attached hydrogen (secondary N) is 3. The summed E-state index contributed by atoms with van der Waals surface area (Å²) in [6, 6.07) is 5.10. The van der Waals surface area contributed by atoms with Gasteiger partial charge in [-0.2, -0.15) is 0 Å². The number of benzene rings is 1. The number of imide groups is 1. The number of likely N-dealkylation sites (tertiary alicyclic amines) is 1. The first-order valence-electron chi connectivity index (χ1n) is 11.3. The van der Waals surface area contributed by atoms with Crippen LogP contribution in [0, 0.1) is 0 Å². The first kappa shape index (κ1) is 22.4. The predicted octanol–water partition coefficient (Wildman–Crippen LogP) is 0.136. The van der Waals surface area contributed by atoms with E-state index in [1.54, 1.807) is 4.90 Å². The molecule has 0 aromatic heterocycles. The van der Waals surface area contributed by atoms with E-state index in [1.165, 1.54) is 0 Å². The fourth-order valence-corrected chi connectivity index (χ4v) is 4.76. The number of nitrogens with zero attached hydrogens (tertiary/aromatic N) is 2. The van der Waals surface area contributed by atoms with Gasteiger partial charge in [0.15, 0.2) is 0 Å². The summed E-state index contributed by atoms with van der Waals surface area (Å²) >= 11 is 0. The van der Waals surface area contributed by atoms with Crippen LogP contribution in [-0.4, -0.2) is 71.7 Å². The average molecular weight is 442 g/mol. The highest BCUT2D eigenvalue weighted by molar-refractivity contribution is 6.05. The largest absolute Gasteiger partial charge is 0.340 e. The van der Waals surface area contributed by atoms with Crippen molar-refractivity contribution in [3.63, 3.8) is 0 Å². The maximum atomic E-state index is 13.0. The molecular formula is C23H31N5O4. The summed E-state index contributed by atoms with van der Waals surface area (Å²) in [7, 11) is 1.93. The van der Waals surface area contributed by atoms with E-state index in [0.717, 1.165) is 37.1 Å². The summed E-state index contributed by atoms with van der Waals surface area (Å²) in [5.41, 5.74) is 2.37. The van der Waals surface area contributed by atoms with Gasteiger partial charge in [0.05, 0.1) is 6.04 Å². The summed E-state index contributed by atoms with van der Waals surface area (Å²) in [5, 5.41) is 8.86. The van der Waals surface area contributed by atoms with E-state index in [0.29, 0.717) is 31.1 Å². The Morgan fingerprint density at radius 2 is 2.06 bits per heavy atom. The predicted molar refractivity (Wildman–Crippen MR) is 117 cm³/mol. The van der Waals surface area contributed by atoms with Crippen LogP contribution in [0.5, 0.6) is 0 Å². The number of amides is 4. The summed E-state index contributed by atoms with van der Waals surface area (Å²) in [6.45, 7) is 4.21. The van der Waals surface area contributed by atoms with Gasteiger partial charge >= 0.3 is 0 Å². The highest BCUT2D eigenvalue weighted by atomic mass is 16.2. The number of carbonyl (C=O) groups excluding carboxylic acids is 4. The highest BCUT2D eigenvalue weighted by Gasteiger charge is 2.39. The van der Waals surface area contributed by atoms with Crippen molar-refractivity contribution in [1.82, 2.24) is 25.8 Å². The third-order valence-electron chi connectivity index (χ3n) is 6.72. The highest BCUT2D eigenvalue weighted by Crippen LogP contribution is 2.28. The molecule has 2 fully saturated rings. The molecule has 1 aromatic rings. The minimum Gasteiger partial charge on any atom is -0.340 e. The van der Waals surface area contributed by atoms with Crippen LogP contribution in [-0.2, 0) is 27.5 Å². The van der Waals surface area contributed by atoms with Gasteiger partial charge in [0, 0.05) is 44.2 Å². The number of rotatable bonds is 6. The second kappa shape index (κ2) is 9.38. The number of fused-ring (bicyclic) bond motifs is 1. The second-order valence-electron chi connectivity index (χ2n) is 8.91. The molecule has 9 heteroatoms. The SMILES string of the molecule is CNC1CCCN(C(=O)[C@H](C)NCc2ccc3c(c2)C(=O)N(C2CCC(=O)NC2=O)C3)C1. The molecule has 0 radical (unpaired) electrons. The standard InChI is InChI=1S/C23H31N5O4/c1-14(22(31)27-9-3-4-17(13-27)24-2)25-11-15-5-6-16-12-28(23(32)18(16)10-15)19-7-8-20(29)26-21(19)30/h5-6,10,14,17,19,24-25H,3-4,7-9,11-13H2,1-2H3,(H,26,29,30)/t14-,17?,19?/m0/s1. The lowest BCUT2D eigenvalue weighted by Crippen LogP contribution is -2.52. The normalized spacial score (nSPS) is 24.4. The van der Waals surface area contributed by atoms with Crippen LogP contribution in [0.4, 0.5) is 0 Å². The molecule has 1 aromatic carbocycles. The maximum absolute atomic E-state index is 13.0. The van der Waals surface area contributed by atoms with Crippen LogP contribution in [0.25, 0.3) is 0 Å². The number of hydrogen-bond acceptors (Lipinski definition) is 6. The maximum Gasteiger partial charge on any atom is 0.255 e. The minimum absolute atomic E-state index is 0.0891. The molecule has 2 unspecified atom stereocenters. The molecule has 3 aliphatic heterocycles. The Bertz CT molecular complexity index is 933. The van der Waals surface area contributed by atoms with Gasteiger partial charge in [-0.3, -0.25) is 24.5 Å². The van der Waals surface area contributed by atoms with Crippen molar-refractivity contribution in [1.29, 1.82) is 0 Å². The van der Waals surface area contributed by atoms with Gasteiger partial charge in [-0.25, -0.2) is 0 Å². The Labute approximate surface area is 187 Å². The Hall–Kier alpha value is -2.78. The van der Waals surface area contributed by atoms with Gasteiger partial charge in [-0.15, -0.1) is 0 Å². The Morgan fingerprint density at radius 3 is 2.81 bits per heavy atom. The molecule has 0 aliphatic carbocycles. The third kappa shape index (κ3) is 4.54. The fraction of sp³-hybridized carbons (Fsp3) is 0.565. The van der Waals surface area contributed by atoms with E-state index in [2.05, 4.69) is 16.0 Å². The molecule has 4 rings (SSSR count). The molecule has 172 valence electrons. The first-order chi connectivity index (χ1) is 15.4. The van der Waals surface area contributed by atoms with Crippen molar-refractivity contribution in [3.05, 3.63) is 34.9 Å². The molecule has 32 heavy (non-hydrogen) atoms. The molecule has 3 aliphatic rings. The van der Waals surface area contributed by atoms with Crippen molar-refractivity contribution in [3.8, 4) is 0 Å². The molecule has 3 atom stereocenters. The zero-order valence-electron chi connectivity index (χ0n) is 18.6. The lowest BCUT2D eigenvalue weighted by atomic mass is 10.0. The number of hydrogen-bond donors (Lipinski definition) is 3. The zero-order valence-corrected chi connectivity index (χ0v) is 18.6. The zero-order chi connectivity index (χ0) is 22.8. The van der Waals surface area contributed by atoms with Crippen molar-refractivity contribution in [2.45, 2.75) is 63.8 Å². The smallest absolute Gasteiger partial charge is 0.255 e. The van der Waals surface area contributed by atoms with Crippen LogP contribution >= 0.6 is 0 Å². The van der Waals surface area contributed by atoms with Crippen molar-refractivity contribution < 1.29 is 19.2 Å². The lowest BCUT2D eigenvalue weighted by molar-refractivity contribution is -0.137. The number of likely N-dealkylation sites (N-methyl/N-ethyl adjacent to an activating group) is 1. The Kier molecular flexibility index (Phi) is 6.57. The quantitative estimate of drug-likeness (QED) is 0.542. The van der Waals surface area contributed by atoms with Crippen LogP contribution < -0.4 is 16.0 Å². The lowest BCUT2D eigenvalue weighted by Gasteiger charge is -2.34. The van der Waals surface area contributed by atoms with E-state index in [1.807, 2.05) is 37.1 Å². The molecular weight excluding hydrogens is 410 g/mol. The van der Waals surface area contributed by atoms with Gasteiger partial charge in [-0.05, 0) is 50.4 Å². The Morgan fingerprint density at radius 1 is 1.25 bits per heavy atom. The van der Waals surface area contributed by atoms with E-state index >= 15 is 0 Å². The molecule has 2 saturated heterocycles.